The summed E-state index contributed by atoms with van der Waals surface area (Å²) in [5.41, 5.74) is 1.25. The van der Waals surface area contributed by atoms with Crippen molar-refractivity contribution in [2.45, 2.75) is 12.8 Å². The average Bonchev–Trinajstić information content (AvgIpc) is 3.07. The van der Waals surface area contributed by atoms with Crippen LogP contribution in [0.2, 0.25) is 0 Å². The summed E-state index contributed by atoms with van der Waals surface area (Å²) < 4.78 is 0. The molecule has 0 atom stereocenters. The van der Waals surface area contributed by atoms with Gasteiger partial charge in [-0.1, -0.05) is 18.2 Å². The van der Waals surface area contributed by atoms with Gasteiger partial charge in [-0.15, -0.1) is 0 Å². The Morgan fingerprint density at radius 3 is 2.88 bits per heavy atom. The number of aliphatic hydroxyl groups is 1. The molecule has 0 bridgehead atoms. The van der Waals surface area contributed by atoms with Gasteiger partial charge < -0.3 is 15.4 Å². The number of H-pyrrole nitrogens is 1. The van der Waals surface area contributed by atoms with Gasteiger partial charge in [-0.25, -0.2) is 0 Å². The van der Waals surface area contributed by atoms with Gasteiger partial charge in [-0.3, -0.25) is 4.79 Å². The molecule has 1 aromatic carbocycles. The molecule has 4 heteroatoms. The monoisotopic (exact) mass is 230 g/mol. The molecule has 88 valence electrons. The Bertz CT molecular complexity index is 570. The third-order valence-corrected chi connectivity index (χ3v) is 3.48. The van der Waals surface area contributed by atoms with E-state index in [0.717, 1.165) is 29.4 Å². The van der Waals surface area contributed by atoms with E-state index < -0.39 is 5.41 Å². The summed E-state index contributed by atoms with van der Waals surface area (Å²) in [6.07, 6.45) is 3.34. The molecule has 0 unspecified atom stereocenters. The smallest absolute Gasteiger partial charge is 0.232 e. The molecule has 0 saturated heterocycles. The second-order valence-corrected chi connectivity index (χ2v) is 4.64. The van der Waals surface area contributed by atoms with Crippen molar-refractivity contribution in [3.8, 4) is 0 Å². The first-order valence-corrected chi connectivity index (χ1v) is 5.74. The normalized spacial score (nSPS) is 17.0. The molecule has 2 aromatic rings. The highest BCUT2D eigenvalue weighted by molar-refractivity contribution is 6.04. The van der Waals surface area contributed by atoms with E-state index in [2.05, 4.69) is 10.3 Å². The summed E-state index contributed by atoms with van der Waals surface area (Å²) in [5.74, 6) is -0.0789. The first kappa shape index (κ1) is 10.4. The number of rotatable bonds is 3. The zero-order valence-electron chi connectivity index (χ0n) is 9.36. The fraction of sp³-hybridized carbons (Fsp3) is 0.308. The van der Waals surface area contributed by atoms with Crippen LogP contribution in [0.3, 0.4) is 0 Å². The Kier molecular flexibility index (Phi) is 2.19. The highest BCUT2D eigenvalue weighted by Crippen LogP contribution is 2.46. The van der Waals surface area contributed by atoms with E-state index >= 15 is 0 Å². The minimum absolute atomic E-state index is 0.0683. The van der Waals surface area contributed by atoms with Gasteiger partial charge in [0, 0.05) is 17.1 Å². The number of aromatic nitrogens is 1. The van der Waals surface area contributed by atoms with Crippen LogP contribution in [0.5, 0.6) is 0 Å². The lowest BCUT2D eigenvalue weighted by Crippen LogP contribution is -2.27. The molecule has 4 nitrogen and oxygen atoms in total. The largest absolute Gasteiger partial charge is 0.395 e. The molecule has 3 N–H and O–H groups in total. The van der Waals surface area contributed by atoms with Crippen LogP contribution in [0.15, 0.2) is 30.5 Å². The molecule has 0 aliphatic heterocycles. The SMILES string of the molecule is O=C(Nc1c[nH]c2ccccc12)C1(CO)CC1. The summed E-state index contributed by atoms with van der Waals surface area (Å²) in [4.78, 5) is 15.1. The van der Waals surface area contributed by atoms with Crippen molar-refractivity contribution in [3.05, 3.63) is 30.5 Å². The Balaban J connectivity index is 1.88. The van der Waals surface area contributed by atoms with Crippen LogP contribution in [0.25, 0.3) is 10.9 Å². The molecule has 3 rings (SSSR count). The summed E-state index contributed by atoms with van der Waals surface area (Å²) >= 11 is 0. The van der Waals surface area contributed by atoms with Crippen molar-refractivity contribution in [2.75, 3.05) is 11.9 Å². The van der Waals surface area contributed by atoms with Gasteiger partial charge in [0.1, 0.15) is 0 Å². The lowest BCUT2D eigenvalue weighted by Gasteiger charge is -2.11. The van der Waals surface area contributed by atoms with E-state index in [1.54, 1.807) is 6.20 Å². The Morgan fingerprint density at radius 1 is 1.41 bits per heavy atom. The van der Waals surface area contributed by atoms with Crippen molar-refractivity contribution in [2.24, 2.45) is 5.41 Å². The van der Waals surface area contributed by atoms with Gasteiger partial charge in [0.2, 0.25) is 5.91 Å². The van der Waals surface area contributed by atoms with Crippen LogP contribution in [0.1, 0.15) is 12.8 Å². The number of para-hydroxylation sites is 1. The minimum Gasteiger partial charge on any atom is -0.395 e. The van der Waals surface area contributed by atoms with Crippen LogP contribution >= 0.6 is 0 Å². The van der Waals surface area contributed by atoms with Gasteiger partial charge in [0.15, 0.2) is 0 Å². The van der Waals surface area contributed by atoms with E-state index in [1.165, 1.54) is 0 Å². The van der Waals surface area contributed by atoms with Crippen LogP contribution in [0.4, 0.5) is 5.69 Å². The minimum atomic E-state index is -0.529. The fourth-order valence-corrected chi connectivity index (χ4v) is 2.04. The maximum atomic E-state index is 12.0. The molecular formula is C13H14N2O2. The maximum absolute atomic E-state index is 12.0. The van der Waals surface area contributed by atoms with Gasteiger partial charge in [0.25, 0.3) is 0 Å². The molecule has 1 aromatic heterocycles. The zero-order chi connectivity index (χ0) is 11.9. The van der Waals surface area contributed by atoms with E-state index in [1.807, 2.05) is 24.3 Å². The van der Waals surface area contributed by atoms with Crippen molar-refractivity contribution < 1.29 is 9.90 Å². The van der Waals surface area contributed by atoms with Gasteiger partial charge in [-0.2, -0.15) is 0 Å². The number of amides is 1. The molecule has 0 spiro atoms. The summed E-state index contributed by atoms with van der Waals surface area (Å²) in [7, 11) is 0. The van der Waals surface area contributed by atoms with Gasteiger partial charge in [-0.05, 0) is 18.9 Å². The third-order valence-electron chi connectivity index (χ3n) is 3.48. The number of aliphatic hydroxyl groups excluding tert-OH is 1. The lowest BCUT2D eigenvalue weighted by molar-refractivity contribution is -0.122. The molecule has 17 heavy (non-hydrogen) atoms. The number of benzene rings is 1. The quantitative estimate of drug-likeness (QED) is 0.753. The lowest BCUT2D eigenvalue weighted by atomic mass is 10.1. The number of anilines is 1. The van der Waals surface area contributed by atoms with Crippen molar-refractivity contribution in [1.29, 1.82) is 0 Å². The molecule has 0 radical (unpaired) electrons. The van der Waals surface area contributed by atoms with Gasteiger partial charge >= 0.3 is 0 Å². The summed E-state index contributed by atoms with van der Waals surface area (Å²) in [6, 6.07) is 7.80. The van der Waals surface area contributed by atoms with Crippen LogP contribution in [-0.4, -0.2) is 22.6 Å². The first-order chi connectivity index (χ1) is 8.25. The standard InChI is InChI=1S/C13H14N2O2/c16-8-13(5-6-13)12(17)15-11-7-14-10-4-2-1-3-9(10)11/h1-4,7,14,16H,5-6,8H2,(H,15,17). The maximum Gasteiger partial charge on any atom is 0.232 e. The number of hydrogen-bond donors (Lipinski definition) is 3. The Labute approximate surface area is 98.6 Å². The third kappa shape index (κ3) is 1.61. The molecule has 1 heterocycles. The number of hydrogen-bond acceptors (Lipinski definition) is 2. The first-order valence-electron chi connectivity index (χ1n) is 5.74. The predicted molar refractivity (Wildman–Crippen MR) is 65.7 cm³/mol. The Hall–Kier alpha value is -1.81. The van der Waals surface area contributed by atoms with E-state index in [4.69, 9.17) is 0 Å². The molecular weight excluding hydrogens is 216 g/mol. The molecule has 1 aliphatic carbocycles. The Morgan fingerprint density at radius 2 is 2.18 bits per heavy atom. The zero-order valence-corrected chi connectivity index (χ0v) is 9.36. The van der Waals surface area contributed by atoms with Crippen LogP contribution in [-0.2, 0) is 4.79 Å². The van der Waals surface area contributed by atoms with E-state index in [9.17, 15) is 9.90 Å². The molecule has 1 aliphatic rings. The summed E-state index contributed by atoms with van der Waals surface area (Å²) in [6.45, 7) is -0.0683. The molecule has 1 amide bonds. The molecule has 1 saturated carbocycles. The number of carbonyl (C=O) groups excluding carboxylic acids is 1. The summed E-state index contributed by atoms with van der Waals surface area (Å²) in [5, 5.41) is 13.1. The van der Waals surface area contributed by atoms with Gasteiger partial charge in [0.05, 0.1) is 17.7 Å². The van der Waals surface area contributed by atoms with E-state index in [-0.39, 0.29) is 12.5 Å². The fourth-order valence-electron chi connectivity index (χ4n) is 2.04. The molecule has 1 fully saturated rings. The number of fused-ring (bicyclic) bond motifs is 1. The second-order valence-electron chi connectivity index (χ2n) is 4.64. The predicted octanol–water partition coefficient (Wildman–Crippen LogP) is 1.88. The van der Waals surface area contributed by atoms with Crippen molar-refractivity contribution in [1.82, 2.24) is 4.98 Å². The van der Waals surface area contributed by atoms with E-state index in [0.29, 0.717) is 0 Å². The van der Waals surface area contributed by atoms with Crippen molar-refractivity contribution >= 4 is 22.5 Å². The number of carbonyl (C=O) groups is 1. The highest BCUT2D eigenvalue weighted by Gasteiger charge is 2.49. The second kappa shape index (κ2) is 3.60. The topological polar surface area (TPSA) is 65.1 Å². The highest BCUT2D eigenvalue weighted by atomic mass is 16.3. The number of nitrogens with one attached hydrogen (secondary N) is 2. The number of aromatic amines is 1. The average molecular weight is 230 g/mol. The van der Waals surface area contributed by atoms with Crippen LogP contribution in [0, 0.1) is 5.41 Å². The van der Waals surface area contributed by atoms with Crippen molar-refractivity contribution in [3.63, 3.8) is 0 Å². The van der Waals surface area contributed by atoms with Crippen LogP contribution < -0.4 is 5.32 Å².